The van der Waals surface area contributed by atoms with Gasteiger partial charge in [0.2, 0.25) is 0 Å². The molecule has 1 aromatic rings. The second kappa shape index (κ2) is 5.56. The van der Waals surface area contributed by atoms with Crippen LogP contribution in [0, 0.1) is 11.6 Å². The van der Waals surface area contributed by atoms with E-state index < -0.39 is 11.6 Å². The van der Waals surface area contributed by atoms with Crippen LogP contribution in [0.5, 0.6) is 0 Å². The Morgan fingerprint density at radius 1 is 1.29 bits per heavy atom. The van der Waals surface area contributed by atoms with Crippen LogP contribution in [0.3, 0.4) is 0 Å². The van der Waals surface area contributed by atoms with E-state index in [2.05, 4.69) is 5.48 Å². The molecule has 1 saturated carbocycles. The van der Waals surface area contributed by atoms with E-state index >= 15 is 0 Å². The predicted octanol–water partition coefficient (Wildman–Crippen LogP) is 3.49. The van der Waals surface area contributed by atoms with Crippen molar-refractivity contribution in [2.75, 3.05) is 0 Å². The van der Waals surface area contributed by atoms with Gasteiger partial charge in [-0.1, -0.05) is 12.8 Å². The molecule has 1 atom stereocenters. The van der Waals surface area contributed by atoms with Crippen molar-refractivity contribution in [3.63, 3.8) is 0 Å². The fraction of sp³-hybridized carbons (Fsp3) is 0.538. The Bertz CT molecular complexity index is 378. The topological polar surface area (TPSA) is 21.3 Å². The first-order valence-corrected chi connectivity index (χ1v) is 6.03. The summed E-state index contributed by atoms with van der Waals surface area (Å²) in [5.74, 6) is -0.850. The lowest BCUT2D eigenvalue weighted by atomic mass is 10.1. The Balaban J connectivity index is 1.93. The first-order chi connectivity index (χ1) is 8.16. The average molecular weight is 241 g/mol. The Morgan fingerprint density at radius 2 is 2.00 bits per heavy atom. The molecule has 94 valence electrons. The molecule has 0 aliphatic heterocycles. The minimum absolute atomic E-state index is 0.203. The van der Waals surface area contributed by atoms with Crippen molar-refractivity contribution in [3.8, 4) is 0 Å². The molecule has 2 nitrogen and oxygen atoms in total. The first-order valence-electron chi connectivity index (χ1n) is 6.03. The zero-order valence-electron chi connectivity index (χ0n) is 9.88. The minimum atomic E-state index is -0.434. The Labute approximate surface area is 99.9 Å². The first kappa shape index (κ1) is 12.5. The number of hydroxylamine groups is 1. The molecular weight excluding hydrogens is 224 g/mol. The van der Waals surface area contributed by atoms with Gasteiger partial charge in [0, 0.05) is 5.56 Å². The Morgan fingerprint density at radius 3 is 2.71 bits per heavy atom. The lowest BCUT2D eigenvalue weighted by Crippen LogP contribution is -2.25. The summed E-state index contributed by atoms with van der Waals surface area (Å²) >= 11 is 0. The molecule has 1 N–H and O–H groups in total. The van der Waals surface area contributed by atoms with Gasteiger partial charge in [0.15, 0.2) is 0 Å². The van der Waals surface area contributed by atoms with Crippen molar-refractivity contribution in [2.45, 2.75) is 44.8 Å². The number of hydrogen-bond donors (Lipinski definition) is 1. The van der Waals surface area contributed by atoms with Crippen LogP contribution >= 0.6 is 0 Å². The van der Waals surface area contributed by atoms with Crippen LogP contribution in [0.1, 0.15) is 44.2 Å². The quantitative estimate of drug-likeness (QED) is 0.815. The van der Waals surface area contributed by atoms with Crippen LogP contribution in [0.25, 0.3) is 0 Å². The fourth-order valence-corrected chi connectivity index (χ4v) is 2.11. The van der Waals surface area contributed by atoms with Crippen LogP contribution < -0.4 is 5.48 Å². The molecule has 1 unspecified atom stereocenters. The molecule has 0 spiro atoms. The molecule has 1 aliphatic rings. The number of benzene rings is 1. The van der Waals surface area contributed by atoms with Crippen LogP contribution in [0.2, 0.25) is 0 Å². The third kappa shape index (κ3) is 3.23. The highest BCUT2D eigenvalue weighted by atomic mass is 19.1. The highest BCUT2D eigenvalue weighted by Crippen LogP contribution is 2.22. The Hall–Kier alpha value is -1.00. The predicted molar refractivity (Wildman–Crippen MR) is 61.2 cm³/mol. The van der Waals surface area contributed by atoms with Crippen molar-refractivity contribution in [1.29, 1.82) is 0 Å². The van der Waals surface area contributed by atoms with Gasteiger partial charge in [0.1, 0.15) is 11.6 Å². The second-order valence-electron chi connectivity index (χ2n) is 4.53. The maximum absolute atomic E-state index is 13.5. The molecule has 0 heterocycles. The summed E-state index contributed by atoms with van der Waals surface area (Å²) in [5.41, 5.74) is 3.10. The van der Waals surface area contributed by atoms with Gasteiger partial charge in [0.05, 0.1) is 12.1 Å². The summed E-state index contributed by atoms with van der Waals surface area (Å²) in [6, 6.07) is 3.10. The van der Waals surface area contributed by atoms with Gasteiger partial charge in [-0.15, -0.1) is 0 Å². The molecule has 0 aromatic heterocycles. The standard InChI is InChI=1S/C13H17F2NO/c1-9(16-17-11-4-2-3-5-11)12-8-10(14)6-7-13(12)15/h6-9,11,16H,2-5H2,1H3. The third-order valence-electron chi connectivity index (χ3n) is 3.14. The van der Waals surface area contributed by atoms with Gasteiger partial charge >= 0.3 is 0 Å². The van der Waals surface area contributed by atoms with Crippen LogP contribution in [-0.4, -0.2) is 6.10 Å². The molecule has 0 saturated heterocycles. The molecule has 1 fully saturated rings. The summed E-state index contributed by atoms with van der Waals surface area (Å²) in [5, 5.41) is 0. The van der Waals surface area contributed by atoms with E-state index in [-0.39, 0.29) is 12.1 Å². The monoisotopic (exact) mass is 241 g/mol. The van der Waals surface area contributed by atoms with E-state index in [1.165, 1.54) is 18.9 Å². The number of halogens is 2. The highest BCUT2D eigenvalue weighted by molar-refractivity contribution is 5.21. The van der Waals surface area contributed by atoms with Crippen molar-refractivity contribution < 1.29 is 13.6 Å². The highest BCUT2D eigenvalue weighted by Gasteiger charge is 2.18. The molecule has 17 heavy (non-hydrogen) atoms. The smallest absolute Gasteiger partial charge is 0.128 e. The van der Waals surface area contributed by atoms with Crippen molar-refractivity contribution in [3.05, 3.63) is 35.4 Å². The molecule has 0 radical (unpaired) electrons. The van der Waals surface area contributed by atoms with E-state index in [1.807, 2.05) is 0 Å². The van der Waals surface area contributed by atoms with Gasteiger partial charge in [0.25, 0.3) is 0 Å². The number of nitrogens with one attached hydrogen (secondary N) is 1. The zero-order chi connectivity index (χ0) is 12.3. The minimum Gasteiger partial charge on any atom is -0.298 e. The van der Waals surface area contributed by atoms with Crippen molar-refractivity contribution in [2.24, 2.45) is 0 Å². The Kier molecular flexibility index (Phi) is 4.07. The van der Waals surface area contributed by atoms with Crippen LogP contribution in [-0.2, 0) is 4.84 Å². The van der Waals surface area contributed by atoms with Crippen molar-refractivity contribution in [1.82, 2.24) is 5.48 Å². The van der Waals surface area contributed by atoms with Crippen molar-refractivity contribution >= 4 is 0 Å². The normalized spacial score (nSPS) is 18.5. The summed E-state index contributed by atoms with van der Waals surface area (Å²) in [7, 11) is 0. The van der Waals surface area contributed by atoms with Gasteiger partial charge in [-0.25, -0.2) is 8.78 Å². The largest absolute Gasteiger partial charge is 0.298 e. The maximum Gasteiger partial charge on any atom is 0.128 e. The summed E-state index contributed by atoms with van der Waals surface area (Å²) < 4.78 is 26.5. The van der Waals surface area contributed by atoms with E-state index in [4.69, 9.17) is 4.84 Å². The lowest BCUT2D eigenvalue weighted by Gasteiger charge is -2.18. The van der Waals surface area contributed by atoms with Gasteiger partial charge < -0.3 is 0 Å². The summed E-state index contributed by atoms with van der Waals surface area (Å²) in [6.07, 6.45) is 4.62. The van der Waals surface area contributed by atoms with Crippen LogP contribution in [0.15, 0.2) is 18.2 Å². The fourth-order valence-electron chi connectivity index (χ4n) is 2.11. The zero-order valence-corrected chi connectivity index (χ0v) is 9.88. The van der Waals surface area contributed by atoms with Gasteiger partial charge in [-0.3, -0.25) is 4.84 Å². The second-order valence-corrected chi connectivity index (χ2v) is 4.53. The molecule has 1 aromatic carbocycles. The molecule has 0 bridgehead atoms. The van der Waals surface area contributed by atoms with Gasteiger partial charge in [-0.05, 0) is 38.0 Å². The van der Waals surface area contributed by atoms with Gasteiger partial charge in [-0.2, -0.15) is 5.48 Å². The molecule has 4 heteroatoms. The SMILES string of the molecule is CC(NOC1CCCC1)c1cc(F)ccc1F. The third-order valence-corrected chi connectivity index (χ3v) is 3.14. The number of rotatable bonds is 4. The average Bonchev–Trinajstić information content (AvgIpc) is 2.82. The maximum atomic E-state index is 13.5. The number of hydrogen-bond acceptors (Lipinski definition) is 2. The molecule has 1 aliphatic carbocycles. The van der Waals surface area contributed by atoms with E-state index in [1.54, 1.807) is 6.92 Å². The van der Waals surface area contributed by atoms with Crippen LogP contribution in [0.4, 0.5) is 8.78 Å². The van der Waals surface area contributed by atoms with E-state index in [0.29, 0.717) is 5.56 Å². The summed E-state index contributed by atoms with van der Waals surface area (Å²) in [4.78, 5) is 5.47. The molecule has 2 rings (SSSR count). The lowest BCUT2D eigenvalue weighted by molar-refractivity contribution is -0.0382. The van der Waals surface area contributed by atoms with E-state index in [0.717, 1.165) is 25.0 Å². The van der Waals surface area contributed by atoms with E-state index in [9.17, 15) is 8.78 Å². The summed E-state index contributed by atoms with van der Waals surface area (Å²) in [6.45, 7) is 1.76. The molecular formula is C13H17F2NO. The molecule has 0 amide bonds.